The second-order valence-electron chi connectivity index (χ2n) is 7.74. The number of piperazine rings is 1. The molecule has 3 heterocycles. The van der Waals surface area contributed by atoms with Crippen LogP contribution in [0.15, 0.2) is 29.6 Å². The largest absolute Gasteiger partial charge is 0.497 e. The van der Waals surface area contributed by atoms with Gasteiger partial charge in [0.15, 0.2) is 0 Å². The van der Waals surface area contributed by atoms with Gasteiger partial charge >= 0.3 is 0 Å². The van der Waals surface area contributed by atoms with E-state index in [9.17, 15) is 9.90 Å². The number of amides is 1. The van der Waals surface area contributed by atoms with Crippen LogP contribution >= 0.6 is 11.3 Å². The Kier molecular flexibility index (Phi) is 6.15. The van der Waals surface area contributed by atoms with E-state index in [2.05, 4.69) is 20.2 Å². The number of hydrogen-bond donors (Lipinski definition) is 1. The number of carbonyl (C=O) groups excluding carboxylic acids is 1. The third-order valence-electron chi connectivity index (χ3n) is 5.81. The molecule has 0 saturated carbocycles. The number of aliphatic hydroxyl groups excluding tert-OH is 1. The van der Waals surface area contributed by atoms with Gasteiger partial charge in [0, 0.05) is 56.8 Å². The molecule has 1 N–H and O–H groups in total. The monoisotopic (exact) mass is 416 g/mol. The molecule has 2 fully saturated rings. The van der Waals surface area contributed by atoms with Crippen molar-refractivity contribution in [3.63, 3.8) is 0 Å². The fourth-order valence-electron chi connectivity index (χ4n) is 4.17. The highest BCUT2D eigenvalue weighted by atomic mass is 32.1. The summed E-state index contributed by atoms with van der Waals surface area (Å²) in [5.74, 6) is 0.693. The molecule has 7 nitrogen and oxygen atoms in total. The van der Waals surface area contributed by atoms with Gasteiger partial charge in [0.05, 0.1) is 30.0 Å². The number of aliphatic hydroxyl groups is 1. The van der Waals surface area contributed by atoms with E-state index in [1.807, 2.05) is 6.92 Å². The van der Waals surface area contributed by atoms with Crippen molar-refractivity contribution in [2.45, 2.75) is 25.6 Å². The fourth-order valence-corrected chi connectivity index (χ4v) is 4.78. The van der Waals surface area contributed by atoms with Gasteiger partial charge in [-0.05, 0) is 31.2 Å². The van der Waals surface area contributed by atoms with E-state index >= 15 is 0 Å². The van der Waals surface area contributed by atoms with Crippen LogP contribution in [0.25, 0.3) is 0 Å². The van der Waals surface area contributed by atoms with Crippen molar-refractivity contribution >= 4 is 17.2 Å². The van der Waals surface area contributed by atoms with E-state index in [1.165, 1.54) is 0 Å². The molecule has 2 saturated heterocycles. The summed E-state index contributed by atoms with van der Waals surface area (Å²) in [7, 11) is 1.61. The Morgan fingerprint density at radius 2 is 1.93 bits per heavy atom. The first kappa shape index (κ1) is 20.3. The van der Waals surface area contributed by atoms with Gasteiger partial charge in [0.2, 0.25) is 0 Å². The molecule has 1 aromatic carbocycles. The molecule has 2 atom stereocenters. The van der Waals surface area contributed by atoms with Gasteiger partial charge in [-0.2, -0.15) is 0 Å². The Balaban J connectivity index is 1.31. The van der Waals surface area contributed by atoms with Crippen LogP contribution in [0, 0.1) is 6.92 Å². The molecule has 29 heavy (non-hydrogen) atoms. The number of carbonyl (C=O) groups is 1. The van der Waals surface area contributed by atoms with Gasteiger partial charge in [0.25, 0.3) is 5.91 Å². The van der Waals surface area contributed by atoms with Crippen LogP contribution in [0.4, 0.5) is 0 Å². The van der Waals surface area contributed by atoms with E-state index in [0.717, 1.165) is 49.2 Å². The first-order chi connectivity index (χ1) is 14.0. The van der Waals surface area contributed by atoms with E-state index in [4.69, 9.17) is 4.74 Å². The number of ether oxygens (including phenoxy) is 1. The van der Waals surface area contributed by atoms with Gasteiger partial charge in [0.1, 0.15) is 5.75 Å². The molecule has 1 aromatic heterocycles. The first-order valence-corrected chi connectivity index (χ1v) is 10.9. The van der Waals surface area contributed by atoms with Crippen molar-refractivity contribution in [2.24, 2.45) is 0 Å². The van der Waals surface area contributed by atoms with Crippen LogP contribution in [0.3, 0.4) is 0 Å². The van der Waals surface area contributed by atoms with Crippen molar-refractivity contribution in [1.82, 2.24) is 19.7 Å². The molecule has 0 radical (unpaired) electrons. The summed E-state index contributed by atoms with van der Waals surface area (Å²) < 4.78 is 5.16. The predicted octanol–water partition coefficient (Wildman–Crippen LogP) is 1.46. The summed E-state index contributed by atoms with van der Waals surface area (Å²) in [5.41, 5.74) is 1.76. The molecule has 1 amide bonds. The number of methoxy groups -OCH3 is 1. The SMILES string of the molecule is COc1ccc(C(=O)N2CC(O)C(N3CCN(Cc4csc(C)n4)CC3)C2)cc1. The van der Waals surface area contributed by atoms with Gasteiger partial charge in [-0.3, -0.25) is 14.6 Å². The number of likely N-dealkylation sites (tertiary alicyclic amines) is 1. The molecular formula is C21H28N4O3S. The number of aryl methyl sites for hydroxylation is 1. The van der Waals surface area contributed by atoms with Crippen molar-refractivity contribution < 1.29 is 14.6 Å². The Labute approximate surface area is 175 Å². The maximum Gasteiger partial charge on any atom is 0.254 e. The number of hydrogen-bond acceptors (Lipinski definition) is 7. The zero-order valence-electron chi connectivity index (χ0n) is 17.0. The van der Waals surface area contributed by atoms with Gasteiger partial charge in [-0.25, -0.2) is 4.98 Å². The minimum Gasteiger partial charge on any atom is -0.497 e. The van der Waals surface area contributed by atoms with Crippen LogP contribution in [0.1, 0.15) is 21.1 Å². The number of nitrogens with zero attached hydrogens (tertiary/aromatic N) is 4. The Hall–Kier alpha value is -2.00. The summed E-state index contributed by atoms with van der Waals surface area (Å²) in [5, 5.41) is 13.9. The molecule has 2 aliphatic rings. The molecule has 0 spiro atoms. The van der Waals surface area contributed by atoms with E-state index in [1.54, 1.807) is 47.6 Å². The molecule has 8 heteroatoms. The summed E-state index contributed by atoms with van der Waals surface area (Å²) in [6, 6.07) is 7.14. The van der Waals surface area contributed by atoms with Crippen LogP contribution in [0.2, 0.25) is 0 Å². The minimum absolute atomic E-state index is 0.000801. The highest BCUT2D eigenvalue weighted by molar-refractivity contribution is 7.09. The fraction of sp³-hybridized carbons (Fsp3) is 0.524. The number of β-amino-alcohol motifs (C(OH)–C–C–N with tert-alkyl or cyclic N) is 1. The molecule has 2 aromatic rings. The van der Waals surface area contributed by atoms with Crippen LogP contribution in [-0.4, -0.2) is 89.2 Å². The molecular weight excluding hydrogens is 388 g/mol. The van der Waals surface area contributed by atoms with Crippen molar-refractivity contribution in [1.29, 1.82) is 0 Å². The zero-order valence-corrected chi connectivity index (χ0v) is 17.8. The lowest BCUT2D eigenvalue weighted by Gasteiger charge is -2.38. The molecule has 0 aliphatic carbocycles. The third kappa shape index (κ3) is 4.61. The second kappa shape index (κ2) is 8.79. The average Bonchev–Trinajstić information content (AvgIpc) is 3.33. The lowest BCUT2D eigenvalue weighted by atomic mass is 10.1. The van der Waals surface area contributed by atoms with Gasteiger partial charge in [-0.1, -0.05) is 0 Å². The predicted molar refractivity (Wildman–Crippen MR) is 112 cm³/mol. The molecule has 2 unspecified atom stereocenters. The molecule has 2 aliphatic heterocycles. The van der Waals surface area contributed by atoms with Crippen LogP contribution in [0.5, 0.6) is 5.75 Å². The molecule has 4 rings (SSSR count). The highest BCUT2D eigenvalue weighted by Crippen LogP contribution is 2.22. The van der Waals surface area contributed by atoms with E-state index in [0.29, 0.717) is 18.7 Å². The first-order valence-electron chi connectivity index (χ1n) is 10.0. The lowest BCUT2D eigenvalue weighted by molar-refractivity contribution is 0.0420. The number of thiazole rings is 1. The smallest absolute Gasteiger partial charge is 0.254 e. The number of aromatic nitrogens is 1. The minimum atomic E-state index is -0.509. The summed E-state index contributed by atoms with van der Waals surface area (Å²) in [6.07, 6.45) is -0.509. The second-order valence-corrected chi connectivity index (χ2v) is 8.81. The van der Waals surface area contributed by atoms with Crippen molar-refractivity contribution in [3.05, 3.63) is 45.9 Å². The topological polar surface area (TPSA) is 69.1 Å². The standard InChI is InChI=1S/C21H28N4O3S/c1-15-22-17(14-29-15)11-23-7-9-24(10-8-23)19-12-25(13-20(19)26)21(27)16-3-5-18(28-2)6-4-16/h3-6,14,19-20,26H,7-13H2,1-2H3. The molecule has 0 bridgehead atoms. The number of rotatable bonds is 5. The molecule has 156 valence electrons. The summed E-state index contributed by atoms with van der Waals surface area (Å²) in [4.78, 5) is 23.9. The van der Waals surface area contributed by atoms with Gasteiger partial charge < -0.3 is 14.7 Å². The van der Waals surface area contributed by atoms with E-state index < -0.39 is 6.10 Å². The Morgan fingerprint density at radius 1 is 1.21 bits per heavy atom. The van der Waals surface area contributed by atoms with Crippen molar-refractivity contribution in [2.75, 3.05) is 46.4 Å². The van der Waals surface area contributed by atoms with Crippen LogP contribution in [-0.2, 0) is 6.54 Å². The van der Waals surface area contributed by atoms with Crippen molar-refractivity contribution in [3.8, 4) is 5.75 Å². The lowest BCUT2D eigenvalue weighted by Crippen LogP contribution is -2.53. The maximum atomic E-state index is 12.8. The number of benzene rings is 1. The maximum absolute atomic E-state index is 12.8. The Bertz CT molecular complexity index is 833. The van der Waals surface area contributed by atoms with Gasteiger partial charge in [-0.15, -0.1) is 11.3 Å². The van der Waals surface area contributed by atoms with E-state index in [-0.39, 0.29) is 11.9 Å². The highest BCUT2D eigenvalue weighted by Gasteiger charge is 2.38. The van der Waals surface area contributed by atoms with Crippen LogP contribution < -0.4 is 4.74 Å². The summed E-state index contributed by atoms with van der Waals surface area (Å²) >= 11 is 1.69. The average molecular weight is 417 g/mol. The third-order valence-corrected chi connectivity index (χ3v) is 6.63. The zero-order chi connectivity index (χ0) is 20.4. The summed E-state index contributed by atoms with van der Waals surface area (Å²) in [6.45, 7) is 7.56. The normalized spacial score (nSPS) is 23.5. The Morgan fingerprint density at radius 3 is 2.55 bits per heavy atom. The quantitative estimate of drug-likeness (QED) is 0.796.